The first kappa shape index (κ1) is 13.7. The highest BCUT2D eigenvalue weighted by Crippen LogP contribution is 2.45. The van der Waals surface area contributed by atoms with E-state index in [1.165, 1.54) is 25.7 Å². The first-order chi connectivity index (χ1) is 8.65. The maximum Gasteiger partial charge on any atom is 0.324 e. The van der Waals surface area contributed by atoms with Crippen LogP contribution in [0.25, 0.3) is 0 Å². The molecule has 1 aliphatic carbocycles. The zero-order valence-electron chi connectivity index (χ0n) is 10.7. The molecule has 0 aromatic rings. The number of urea groups is 1. The van der Waals surface area contributed by atoms with E-state index in [4.69, 9.17) is 11.6 Å². The summed E-state index contributed by atoms with van der Waals surface area (Å²) in [6.07, 6.45) is 7.67. The molecule has 2 fully saturated rings. The number of imide groups is 1. The number of rotatable bonds is 2. The molecule has 1 heterocycles. The maximum atomic E-state index is 11.8. The lowest BCUT2D eigenvalue weighted by molar-refractivity contribution is -0.119. The van der Waals surface area contributed by atoms with Crippen molar-refractivity contribution in [2.75, 3.05) is 19.0 Å². The average molecular weight is 273 g/mol. The first-order valence-electron chi connectivity index (χ1n) is 6.80. The van der Waals surface area contributed by atoms with Crippen LogP contribution in [-0.2, 0) is 4.79 Å². The van der Waals surface area contributed by atoms with E-state index in [1.54, 1.807) is 4.90 Å². The third-order valence-electron chi connectivity index (χ3n) is 4.34. The number of piperidine rings is 1. The van der Waals surface area contributed by atoms with Crippen molar-refractivity contribution in [2.45, 2.75) is 44.9 Å². The minimum Gasteiger partial charge on any atom is -0.324 e. The van der Waals surface area contributed by atoms with Gasteiger partial charge in [-0.3, -0.25) is 10.1 Å². The molecular formula is C13H21ClN2O2. The summed E-state index contributed by atoms with van der Waals surface area (Å²) in [5.41, 5.74) is 0.497. The van der Waals surface area contributed by atoms with Crippen LogP contribution in [0.4, 0.5) is 4.79 Å². The van der Waals surface area contributed by atoms with Crippen LogP contribution in [-0.4, -0.2) is 35.8 Å². The Kier molecular flexibility index (Phi) is 4.49. The predicted octanol–water partition coefficient (Wildman–Crippen LogP) is 2.51. The minimum absolute atomic E-state index is 0.199. The van der Waals surface area contributed by atoms with Crippen LogP contribution in [0, 0.1) is 5.41 Å². The van der Waals surface area contributed by atoms with Crippen molar-refractivity contribution in [3.63, 3.8) is 0 Å². The molecular weight excluding hydrogens is 252 g/mol. The summed E-state index contributed by atoms with van der Waals surface area (Å²) < 4.78 is 0. The van der Waals surface area contributed by atoms with Gasteiger partial charge in [0.25, 0.3) is 0 Å². The van der Waals surface area contributed by atoms with Crippen LogP contribution in [0.1, 0.15) is 44.9 Å². The molecule has 0 aromatic carbocycles. The molecule has 2 rings (SSSR count). The fourth-order valence-corrected chi connectivity index (χ4v) is 3.33. The Morgan fingerprint density at radius 2 is 1.72 bits per heavy atom. The van der Waals surface area contributed by atoms with Gasteiger partial charge in [0.2, 0.25) is 5.91 Å². The van der Waals surface area contributed by atoms with Crippen molar-refractivity contribution in [3.8, 4) is 0 Å². The van der Waals surface area contributed by atoms with Crippen molar-refractivity contribution in [1.82, 2.24) is 10.2 Å². The number of likely N-dealkylation sites (tertiary alicyclic amines) is 1. The van der Waals surface area contributed by atoms with E-state index in [2.05, 4.69) is 5.32 Å². The van der Waals surface area contributed by atoms with Crippen molar-refractivity contribution in [1.29, 1.82) is 0 Å². The van der Waals surface area contributed by atoms with Gasteiger partial charge in [-0.15, -0.1) is 11.6 Å². The summed E-state index contributed by atoms with van der Waals surface area (Å²) in [6, 6.07) is -0.252. The third kappa shape index (κ3) is 3.16. The number of alkyl halides is 1. The van der Waals surface area contributed by atoms with Gasteiger partial charge in [0.05, 0.1) is 0 Å². The van der Waals surface area contributed by atoms with Crippen LogP contribution in [0.2, 0.25) is 0 Å². The Morgan fingerprint density at radius 1 is 1.11 bits per heavy atom. The first-order valence-corrected chi connectivity index (χ1v) is 7.33. The second kappa shape index (κ2) is 5.91. The standard InChI is InChI=1S/C13H21ClN2O2/c14-8-3-11(17)15-12(18)16-9-6-13(7-10-16)4-1-2-5-13/h1-10H2,(H,15,17,18). The molecule has 1 N–H and O–H groups in total. The van der Waals surface area contributed by atoms with Crippen LogP contribution < -0.4 is 5.32 Å². The van der Waals surface area contributed by atoms with E-state index < -0.39 is 0 Å². The Balaban J connectivity index is 1.78. The molecule has 3 amide bonds. The van der Waals surface area contributed by atoms with Crippen LogP contribution >= 0.6 is 11.6 Å². The summed E-state index contributed by atoms with van der Waals surface area (Å²) in [5, 5.41) is 2.39. The van der Waals surface area contributed by atoms with Gasteiger partial charge in [-0.1, -0.05) is 12.8 Å². The molecule has 4 nitrogen and oxygen atoms in total. The Morgan fingerprint density at radius 3 is 2.28 bits per heavy atom. The second-order valence-electron chi connectivity index (χ2n) is 5.49. The summed E-state index contributed by atoms with van der Waals surface area (Å²) >= 11 is 5.46. The Hall–Kier alpha value is -0.770. The van der Waals surface area contributed by atoms with Gasteiger partial charge in [-0.25, -0.2) is 4.79 Å². The van der Waals surface area contributed by atoms with E-state index in [1.807, 2.05) is 0 Å². The van der Waals surface area contributed by atoms with E-state index >= 15 is 0 Å². The lowest BCUT2D eigenvalue weighted by atomic mass is 9.77. The number of hydrogen-bond acceptors (Lipinski definition) is 2. The quantitative estimate of drug-likeness (QED) is 0.785. The number of hydrogen-bond donors (Lipinski definition) is 1. The average Bonchev–Trinajstić information content (AvgIpc) is 2.78. The van der Waals surface area contributed by atoms with Gasteiger partial charge in [-0.05, 0) is 31.1 Å². The summed E-state index contributed by atoms with van der Waals surface area (Å²) in [7, 11) is 0. The summed E-state index contributed by atoms with van der Waals surface area (Å²) in [6.45, 7) is 1.56. The molecule has 0 bridgehead atoms. The van der Waals surface area contributed by atoms with Crippen molar-refractivity contribution >= 4 is 23.5 Å². The topological polar surface area (TPSA) is 49.4 Å². The lowest BCUT2D eigenvalue weighted by Gasteiger charge is -2.39. The molecule has 0 unspecified atom stereocenters. The molecule has 102 valence electrons. The molecule has 1 saturated carbocycles. The van der Waals surface area contributed by atoms with Gasteiger partial charge < -0.3 is 4.90 Å². The monoisotopic (exact) mass is 272 g/mol. The minimum atomic E-state index is -0.281. The van der Waals surface area contributed by atoms with Crippen LogP contribution in [0.15, 0.2) is 0 Å². The smallest absolute Gasteiger partial charge is 0.324 e. The van der Waals surface area contributed by atoms with Gasteiger partial charge in [-0.2, -0.15) is 0 Å². The SMILES string of the molecule is O=C(CCCl)NC(=O)N1CCC2(CCCC2)CC1. The van der Waals surface area contributed by atoms with Crippen LogP contribution in [0.3, 0.4) is 0 Å². The molecule has 2 aliphatic rings. The largest absolute Gasteiger partial charge is 0.324 e. The number of nitrogens with one attached hydrogen (secondary N) is 1. The Labute approximate surface area is 113 Å². The number of halogens is 1. The second-order valence-corrected chi connectivity index (χ2v) is 5.86. The molecule has 1 saturated heterocycles. The molecule has 1 spiro atoms. The van der Waals surface area contributed by atoms with Gasteiger partial charge in [0, 0.05) is 25.4 Å². The Bertz CT molecular complexity index is 317. The molecule has 0 radical (unpaired) electrons. The molecule has 18 heavy (non-hydrogen) atoms. The van der Waals surface area contributed by atoms with Gasteiger partial charge in [0.1, 0.15) is 0 Å². The van der Waals surface area contributed by atoms with E-state index in [0.717, 1.165) is 25.9 Å². The molecule has 0 atom stereocenters. The number of carbonyl (C=O) groups is 2. The highest BCUT2D eigenvalue weighted by molar-refractivity contribution is 6.19. The van der Waals surface area contributed by atoms with Gasteiger partial charge >= 0.3 is 6.03 Å². The highest BCUT2D eigenvalue weighted by Gasteiger charge is 2.38. The van der Waals surface area contributed by atoms with E-state index in [-0.39, 0.29) is 24.2 Å². The normalized spacial score (nSPS) is 22.2. The number of carbonyl (C=O) groups excluding carboxylic acids is 2. The third-order valence-corrected chi connectivity index (χ3v) is 4.53. The van der Waals surface area contributed by atoms with E-state index in [0.29, 0.717) is 5.41 Å². The highest BCUT2D eigenvalue weighted by atomic mass is 35.5. The van der Waals surface area contributed by atoms with Crippen molar-refractivity contribution < 1.29 is 9.59 Å². The zero-order chi connectivity index (χ0) is 13.0. The molecule has 1 aliphatic heterocycles. The predicted molar refractivity (Wildman–Crippen MR) is 70.6 cm³/mol. The summed E-state index contributed by atoms with van der Waals surface area (Å²) in [4.78, 5) is 24.9. The zero-order valence-corrected chi connectivity index (χ0v) is 11.5. The number of nitrogens with zero attached hydrogens (tertiary/aromatic N) is 1. The maximum absolute atomic E-state index is 11.8. The fourth-order valence-electron chi connectivity index (χ4n) is 3.16. The van der Waals surface area contributed by atoms with Crippen LogP contribution in [0.5, 0.6) is 0 Å². The van der Waals surface area contributed by atoms with E-state index in [9.17, 15) is 9.59 Å². The van der Waals surface area contributed by atoms with Gasteiger partial charge in [0.15, 0.2) is 0 Å². The van der Waals surface area contributed by atoms with Crippen molar-refractivity contribution in [2.24, 2.45) is 5.41 Å². The molecule has 0 aromatic heterocycles. The molecule has 5 heteroatoms. The fraction of sp³-hybridized carbons (Fsp3) is 0.846. The lowest BCUT2D eigenvalue weighted by Crippen LogP contribution is -2.48. The summed E-state index contributed by atoms with van der Waals surface area (Å²) in [5.74, 6) is -0.0291. The number of amides is 3. The van der Waals surface area contributed by atoms with Crippen molar-refractivity contribution in [3.05, 3.63) is 0 Å².